The molecule has 0 radical (unpaired) electrons. The molecule has 80 valence electrons. The number of thioether (sulfide) groups is 1. The highest BCUT2D eigenvalue weighted by Gasteiger charge is 2.41. The molecule has 0 bridgehead atoms. The molecule has 1 aromatic carbocycles. The third kappa shape index (κ3) is 1.83. The maximum Gasteiger partial charge on any atom is 0.199 e. The first-order chi connectivity index (χ1) is 7.29. The van der Waals surface area contributed by atoms with Crippen LogP contribution in [0.15, 0.2) is 30.3 Å². The van der Waals surface area contributed by atoms with Crippen molar-refractivity contribution in [2.45, 2.75) is 31.1 Å². The smallest absolute Gasteiger partial charge is 0.199 e. The number of carbonyl (C=O) groups excluding carboxylic acids is 1. The van der Waals surface area contributed by atoms with Gasteiger partial charge in [-0.3, -0.25) is 4.79 Å². The maximum absolute atomic E-state index is 12.1. The molecule has 2 rings (SSSR count). The summed E-state index contributed by atoms with van der Waals surface area (Å²) in [5.74, 6) is 0. The van der Waals surface area contributed by atoms with E-state index in [0.29, 0.717) is 5.12 Å². The molecule has 1 aliphatic rings. The minimum Gasteiger partial charge on any atom is -0.286 e. The van der Waals surface area contributed by atoms with E-state index < -0.39 is 0 Å². The van der Waals surface area contributed by atoms with Gasteiger partial charge in [0.2, 0.25) is 0 Å². The standard InChI is InChI=1S/C13H16OS/c1-15-12(14)13(9-5-6-10-13)11-7-3-2-4-8-11/h2-4,7-8H,5-6,9-10H2,1H3. The zero-order valence-corrected chi connectivity index (χ0v) is 9.85. The third-order valence-corrected chi connectivity index (χ3v) is 4.12. The van der Waals surface area contributed by atoms with E-state index in [9.17, 15) is 4.79 Å². The van der Waals surface area contributed by atoms with Gasteiger partial charge in [-0.05, 0) is 24.7 Å². The Morgan fingerprint density at radius 1 is 1.20 bits per heavy atom. The first kappa shape index (κ1) is 10.7. The van der Waals surface area contributed by atoms with Crippen molar-refractivity contribution in [2.75, 3.05) is 6.26 Å². The Balaban J connectivity index is 2.39. The van der Waals surface area contributed by atoms with Gasteiger partial charge in [-0.25, -0.2) is 0 Å². The molecule has 0 N–H and O–H groups in total. The van der Waals surface area contributed by atoms with Crippen LogP contribution in [0, 0.1) is 0 Å². The molecule has 1 nitrogen and oxygen atoms in total. The number of rotatable bonds is 2. The van der Waals surface area contributed by atoms with Crippen molar-refractivity contribution in [1.82, 2.24) is 0 Å². The second-order valence-corrected chi connectivity index (χ2v) is 4.93. The van der Waals surface area contributed by atoms with Gasteiger partial charge in [0.1, 0.15) is 0 Å². The van der Waals surface area contributed by atoms with Crippen molar-refractivity contribution in [3.63, 3.8) is 0 Å². The van der Waals surface area contributed by atoms with Gasteiger partial charge in [0, 0.05) is 0 Å². The fourth-order valence-electron chi connectivity index (χ4n) is 2.54. The first-order valence-corrected chi connectivity index (χ1v) is 6.66. The first-order valence-electron chi connectivity index (χ1n) is 5.43. The third-order valence-electron chi connectivity index (χ3n) is 3.36. The molecule has 1 aliphatic carbocycles. The van der Waals surface area contributed by atoms with E-state index in [0.717, 1.165) is 12.8 Å². The van der Waals surface area contributed by atoms with E-state index in [4.69, 9.17) is 0 Å². The molecule has 1 aromatic rings. The minimum absolute atomic E-state index is 0.180. The molecule has 0 amide bonds. The fraction of sp³-hybridized carbons (Fsp3) is 0.462. The quantitative estimate of drug-likeness (QED) is 0.760. The maximum atomic E-state index is 12.1. The average molecular weight is 220 g/mol. The van der Waals surface area contributed by atoms with Crippen LogP contribution in [-0.2, 0) is 10.2 Å². The zero-order valence-electron chi connectivity index (χ0n) is 9.03. The highest BCUT2D eigenvalue weighted by atomic mass is 32.2. The summed E-state index contributed by atoms with van der Waals surface area (Å²) in [7, 11) is 0. The van der Waals surface area contributed by atoms with Crippen LogP contribution in [0.3, 0.4) is 0 Å². The van der Waals surface area contributed by atoms with Crippen molar-refractivity contribution in [3.8, 4) is 0 Å². The van der Waals surface area contributed by atoms with Gasteiger partial charge in [0.25, 0.3) is 0 Å². The molecule has 0 unspecified atom stereocenters. The molecule has 15 heavy (non-hydrogen) atoms. The largest absolute Gasteiger partial charge is 0.286 e. The summed E-state index contributed by atoms with van der Waals surface area (Å²) < 4.78 is 0. The molecule has 2 heteroatoms. The topological polar surface area (TPSA) is 17.1 Å². The van der Waals surface area contributed by atoms with E-state index in [1.807, 2.05) is 24.5 Å². The summed E-state index contributed by atoms with van der Waals surface area (Å²) in [6, 6.07) is 10.3. The fourth-order valence-corrected chi connectivity index (χ4v) is 3.25. The number of carbonyl (C=O) groups is 1. The zero-order chi connectivity index (χ0) is 10.7. The van der Waals surface area contributed by atoms with Crippen LogP contribution in [0.2, 0.25) is 0 Å². The van der Waals surface area contributed by atoms with Gasteiger partial charge in [0.05, 0.1) is 5.41 Å². The van der Waals surface area contributed by atoms with Crippen LogP contribution in [0.25, 0.3) is 0 Å². The molecule has 0 aliphatic heterocycles. The molecule has 1 saturated carbocycles. The summed E-state index contributed by atoms with van der Waals surface area (Å²) >= 11 is 1.38. The predicted octanol–water partition coefficient (Wildman–Crippen LogP) is 3.39. The van der Waals surface area contributed by atoms with Gasteiger partial charge in [-0.2, -0.15) is 0 Å². The Morgan fingerprint density at radius 2 is 1.80 bits per heavy atom. The number of hydrogen-bond acceptors (Lipinski definition) is 2. The van der Waals surface area contributed by atoms with E-state index in [1.54, 1.807) is 0 Å². The van der Waals surface area contributed by atoms with Crippen LogP contribution in [0.5, 0.6) is 0 Å². The number of benzene rings is 1. The van der Waals surface area contributed by atoms with Crippen molar-refractivity contribution in [3.05, 3.63) is 35.9 Å². The lowest BCUT2D eigenvalue weighted by atomic mass is 9.80. The molecule has 0 atom stereocenters. The minimum atomic E-state index is -0.180. The Kier molecular flexibility index (Phi) is 3.15. The van der Waals surface area contributed by atoms with Crippen LogP contribution in [0.4, 0.5) is 0 Å². The Labute approximate surface area is 95.3 Å². The second-order valence-electron chi connectivity index (χ2n) is 4.15. The monoisotopic (exact) mass is 220 g/mol. The molecule has 0 saturated heterocycles. The summed E-state index contributed by atoms with van der Waals surface area (Å²) in [6.45, 7) is 0. The van der Waals surface area contributed by atoms with Gasteiger partial charge in [-0.15, -0.1) is 0 Å². The van der Waals surface area contributed by atoms with Crippen molar-refractivity contribution in [2.24, 2.45) is 0 Å². The summed E-state index contributed by atoms with van der Waals surface area (Å²) in [6.07, 6.45) is 6.31. The summed E-state index contributed by atoms with van der Waals surface area (Å²) in [5.41, 5.74) is 1.03. The lowest BCUT2D eigenvalue weighted by molar-refractivity contribution is -0.115. The normalized spacial score (nSPS) is 19.0. The van der Waals surface area contributed by atoms with Crippen LogP contribution in [0.1, 0.15) is 31.2 Å². The van der Waals surface area contributed by atoms with Crippen molar-refractivity contribution >= 4 is 16.9 Å². The predicted molar refractivity (Wildman–Crippen MR) is 65.1 cm³/mol. The van der Waals surface area contributed by atoms with Crippen LogP contribution < -0.4 is 0 Å². The molecular weight excluding hydrogens is 204 g/mol. The van der Waals surface area contributed by atoms with Gasteiger partial charge in [0.15, 0.2) is 5.12 Å². The molecule has 0 aromatic heterocycles. The summed E-state index contributed by atoms with van der Waals surface area (Å²) in [4.78, 5) is 12.1. The SMILES string of the molecule is CSC(=O)C1(c2ccccc2)CCCC1. The Hall–Kier alpha value is -0.760. The van der Waals surface area contributed by atoms with E-state index in [1.165, 1.54) is 30.2 Å². The second kappa shape index (κ2) is 4.40. The highest BCUT2D eigenvalue weighted by molar-refractivity contribution is 8.13. The Morgan fingerprint density at radius 3 is 2.33 bits per heavy atom. The highest BCUT2D eigenvalue weighted by Crippen LogP contribution is 2.43. The molecular formula is C13H16OS. The lowest BCUT2D eigenvalue weighted by Gasteiger charge is -2.26. The van der Waals surface area contributed by atoms with Gasteiger partial charge in [-0.1, -0.05) is 54.9 Å². The Bertz CT molecular complexity index is 339. The van der Waals surface area contributed by atoms with E-state index >= 15 is 0 Å². The van der Waals surface area contributed by atoms with Gasteiger partial charge < -0.3 is 0 Å². The van der Waals surface area contributed by atoms with Crippen LogP contribution in [-0.4, -0.2) is 11.4 Å². The summed E-state index contributed by atoms with van der Waals surface area (Å²) in [5, 5.41) is 0.339. The van der Waals surface area contributed by atoms with E-state index in [-0.39, 0.29) is 5.41 Å². The lowest BCUT2D eigenvalue weighted by Crippen LogP contribution is -2.30. The van der Waals surface area contributed by atoms with E-state index in [2.05, 4.69) is 12.1 Å². The average Bonchev–Trinajstić information content (AvgIpc) is 2.79. The molecule has 0 heterocycles. The van der Waals surface area contributed by atoms with Crippen molar-refractivity contribution < 1.29 is 4.79 Å². The van der Waals surface area contributed by atoms with Crippen molar-refractivity contribution in [1.29, 1.82) is 0 Å². The molecule has 1 fully saturated rings. The van der Waals surface area contributed by atoms with Crippen LogP contribution >= 0.6 is 11.8 Å². The number of hydrogen-bond donors (Lipinski definition) is 0. The molecule has 0 spiro atoms. The van der Waals surface area contributed by atoms with Gasteiger partial charge >= 0.3 is 0 Å².